The second-order valence-electron chi connectivity index (χ2n) is 4.52. The van der Waals surface area contributed by atoms with Crippen molar-refractivity contribution >= 4 is 27.7 Å². The van der Waals surface area contributed by atoms with E-state index in [9.17, 15) is 4.39 Å². The third kappa shape index (κ3) is 3.24. The Kier molecular flexibility index (Phi) is 4.50. The zero-order valence-corrected chi connectivity index (χ0v) is 12.5. The van der Waals surface area contributed by atoms with Crippen molar-refractivity contribution in [3.63, 3.8) is 0 Å². The van der Waals surface area contributed by atoms with Crippen molar-refractivity contribution in [3.05, 3.63) is 34.1 Å². The molecule has 0 radical (unpaired) electrons. The Labute approximate surface area is 115 Å². The Bertz CT molecular complexity index is 399. The molecule has 0 spiro atoms. The summed E-state index contributed by atoms with van der Waals surface area (Å²) in [5.74, 6) is 1.03. The Morgan fingerprint density at radius 1 is 1.47 bits per heavy atom. The first-order valence-corrected chi connectivity index (χ1v) is 7.71. The molecule has 1 fully saturated rings. The van der Waals surface area contributed by atoms with Crippen LogP contribution in [0, 0.1) is 5.82 Å². The lowest BCUT2D eigenvalue weighted by molar-refractivity contribution is 0.202. The monoisotopic (exact) mass is 317 g/mol. The van der Waals surface area contributed by atoms with E-state index in [0.29, 0.717) is 17.8 Å². The molecule has 0 bridgehead atoms. The van der Waals surface area contributed by atoms with Crippen molar-refractivity contribution in [2.45, 2.75) is 31.7 Å². The molecule has 17 heavy (non-hydrogen) atoms. The van der Waals surface area contributed by atoms with E-state index in [1.807, 2.05) is 23.9 Å². The summed E-state index contributed by atoms with van der Waals surface area (Å²) in [6.45, 7) is 6.24. The van der Waals surface area contributed by atoms with E-state index in [1.165, 1.54) is 0 Å². The summed E-state index contributed by atoms with van der Waals surface area (Å²) in [5.41, 5.74) is 0.791. The molecule has 0 amide bonds. The van der Waals surface area contributed by atoms with Crippen LogP contribution in [0.15, 0.2) is 22.7 Å². The molecule has 1 aromatic carbocycles. The molecule has 1 aliphatic rings. The van der Waals surface area contributed by atoms with Gasteiger partial charge in [0.1, 0.15) is 5.82 Å². The molecule has 1 heterocycles. The first-order valence-electron chi connectivity index (χ1n) is 5.87. The number of halogens is 2. The number of hydrogen-bond acceptors (Lipinski definition) is 2. The van der Waals surface area contributed by atoms with Gasteiger partial charge in [0, 0.05) is 40.2 Å². The summed E-state index contributed by atoms with van der Waals surface area (Å²) in [7, 11) is 0. The van der Waals surface area contributed by atoms with Gasteiger partial charge in [0.25, 0.3) is 0 Å². The molecule has 0 aliphatic carbocycles. The molecule has 1 aromatic rings. The van der Waals surface area contributed by atoms with Crippen molar-refractivity contribution in [2.24, 2.45) is 0 Å². The molecule has 94 valence electrons. The second kappa shape index (κ2) is 5.72. The highest BCUT2D eigenvalue weighted by Gasteiger charge is 2.25. The molecule has 4 heteroatoms. The standard InChI is InChI=1S/C13H17BrFNS/c1-9-10(2)17-6-5-16(9)8-11-3-4-12(14)7-13(11)15/h3-4,7,9-10H,5-6,8H2,1-2H3. The van der Waals surface area contributed by atoms with Gasteiger partial charge in [-0.05, 0) is 19.1 Å². The molecule has 2 rings (SSSR count). The fraction of sp³-hybridized carbons (Fsp3) is 0.538. The van der Waals surface area contributed by atoms with Gasteiger partial charge in [-0.1, -0.05) is 28.9 Å². The molecule has 1 saturated heterocycles. The van der Waals surface area contributed by atoms with Gasteiger partial charge in [0.05, 0.1) is 0 Å². The maximum absolute atomic E-state index is 13.8. The number of benzene rings is 1. The topological polar surface area (TPSA) is 3.24 Å². The van der Waals surface area contributed by atoms with Crippen LogP contribution in [0.1, 0.15) is 19.4 Å². The molecule has 0 N–H and O–H groups in total. The van der Waals surface area contributed by atoms with Crippen molar-refractivity contribution in [1.29, 1.82) is 0 Å². The lowest BCUT2D eigenvalue weighted by Crippen LogP contribution is -2.44. The highest BCUT2D eigenvalue weighted by atomic mass is 79.9. The molecule has 0 aromatic heterocycles. The fourth-order valence-corrected chi connectivity index (χ4v) is 3.58. The predicted octanol–water partition coefficient (Wildman–Crippen LogP) is 3.91. The zero-order chi connectivity index (χ0) is 12.4. The summed E-state index contributed by atoms with van der Waals surface area (Å²) >= 11 is 5.29. The average molecular weight is 318 g/mol. The van der Waals surface area contributed by atoms with E-state index >= 15 is 0 Å². The smallest absolute Gasteiger partial charge is 0.128 e. The minimum Gasteiger partial charge on any atom is -0.294 e. The van der Waals surface area contributed by atoms with Crippen LogP contribution in [0.5, 0.6) is 0 Å². The molecule has 2 unspecified atom stereocenters. The van der Waals surface area contributed by atoms with E-state index in [2.05, 4.69) is 34.7 Å². The highest BCUT2D eigenvalue weighted by Crippen LogP contribution is 2.26. The Morgan fingerprint density at radius 3 is 2.94 bits per heavy atom. The summed E-state index contributed by atoms with van der Waals surface area (Å²) in [6.07, 6.45) is 0. The predicted molar refractivity (Wildman–Crippen MR) is 75.9 cm³/mol. The van der Waals surface area contributed by atoms with E-state index in [1.54, 1.807) is 6.07 Å². The van der Waals surface area contributed by atoms with Crippen LogP contribution >= 0.6 is 27.7 Å². The third-order valence-electron chi connectivity index (χ3n) is 3.40. The normalized spacial score (nSPS) is 26.1. The van der Waals surface area contributed by atoms with Crippen LogP contribution in [0.2, 0.25) is 0 Å². The van der Waals surface area contributed by atoms with Gasteiger partial charge >= 0.3 is 0 Å². The number of rotatable bonds is 2. The van der Waals surface area contributed by atoms with E-state index in [4.69, 9.17) is 0 Å². The minimum atomic E-state index is -0.113. The molecule has 0 saturated carbocycles. The van der Waals surface area contributed by atoms with Gasteiger partial charge in [-0.2, -0.15) is 11.8 Å². The molecule has 1 nitrogen and oxygen atoms in total. The molecule has 1 aliphatic heterocycles. The van der Waals surface area contributed by atoms with E-state index < -0.39 is 0 Å². The van der Waals surface area contributed by atoms with Crippen molar-refractivity contribution in [1.82, 2.24) is 4.90 Å². The first kappa shape index (κ1) is 13.4. The van der Waals surface area contributed by atoms with Crippen LogP contribution in [-0.4, -0.2) is 28.5 Å². The summed E-state index contributed by atoms with van der Waals surface area (Å²) < 4.78 is 14.6. The second-order valence-corrected chi connectivity index (χ2v) is 6.92. The summed E-state index contributed by atoms with van der Waals surface area (Å²) in [5, 5.41) is 0.627. The van der Waals surface area contributed by atoms with Gasteiger partial charge < -0.3 is 0 Å². The van der Waals surface area contributed by atoms with Gasteiger partial charge in [0.2, 0.25) is 0 Å². The quantitative estimate of drug-likeness (QED) is 0.813. The molecular weight excluding hydrogens is 301 g/mol. The third-order valence-corrected chi connectivity index (χ3v) is 5.23. The van der Waals surface area contributed by atoms with Crippen molar-refractivity contribution < 1.29 is 4.39 Å². The fourth-order valence-electron chi connectivity index (χ4n) is 2.09. The van der Waals surface area contributed by atoms with Crippen LogP contribution in [0.25, 0.3) is 0 Å². The molecular formula is C13H17BrFNS. The Hall–Kier alpha value is -0.0600. The van der Waals surface area contributed by atoms with E-state index in [0.717, 1.165) is 22.3 Å². The van der Waals surface area contributed by atoms with E-state index in [-0.39, 0.29) is 5.82 Å². The van der Waals surface area contributed by atoms with Gasteiger partial charge in [0.15, 0.2) is 0 Å². The van der Waals surface area contributed by atoms with Gasteiger partial charge in [-0.25, -0.2) is 4.39 Å². The first-order chi connectivity index (χ1) is 8.08. The Balaban J connectivity index is 2.09. The minimum absolute atomic E-state index is 0.113. The van der Waals surface area contributed by atoms with Crippen molar-refractivity contribution in [3.8, 4) is 0 Å². The van der Waals surface area contributed by atoms with Crippen LogP contribution < -0.4 is 0 Å². The number of thioether (sulfide) groups is 1. The number of hydrogen-bond donors (Lipinski definition) is 0. The maximum atomic E-state index is 13.8. The summed E-state index contributed by atoms with van der Waals surface area (Å²) in [6, 6.07) is 5.84. The van der Waals surface area contributed by atoms with Crippen LogP contribution in [0.4, 0.5) is 4.39 Å². The lowest BCUT2D eigenvalue weighted by Gasteiger charge is -2.37. The number of nitrogens with zero attached hydrogens (tertiary/aromatic N) is 1. The van der Waals surface area contributed by atoms with Gasteiger partial charge in [-0.3, -0.25) is 4.90 Å². The van der Waals surface area contributed by atoms with Crippen LogP contribution in [0.3, 0.4) is 0 Å². The van der Waals surface area contributed by atoms with Crippen LogP contribution in [-0.2, 0) is 6.54 Å². The maximum Gasteiger partial charge on any atom is 0.128 e. The SMILES string of the molecule is CC1SCCN(Cc2ccc(Br)cc2F)C1C. The highest BCUT2D eigenvalue weighted by molar-refractivity contribution is 9.10. The summed E-state index contributed by atoms with van der Waals surface area (Å²) in [4.78, 5) is 2.37. The lowest BCUT2D eigenvalue weighted by atomic mass is 10.1. The molecule has 2 atom stereocenters. The van der Waals surface area contributed by atoms with Gasteiger partial charge in [-0.15, -0.1) is 0 Å². The van der Waals surface area contributed by atoms with Crippen molar-refractivity contribution in [2.75, 3.05) is 12.3 Å². The Morgan fingerprint density at radius 2 is 2.24 bits per heavy atom. The average Bonchev–Trinajstić information content (AvgIpc) is 2.28. The zero-order valence-electron chi connectivity index (χ0n) is 10.1. The largest absolute Gasteiger partial charge is 0.294 e.